The van der Waals surface area contributed by atoms with Crippen molar-refractivity contribution in [1.29, 1.82) is 0 Å². The molecule has 0 amide bonds. The quantitative estimate of drug-likeness (QED) is 0.486. The molecule has 2 aromatic heterocycles. The van der Waals surface area contributed by atoms with Crippen LogP contribution in [-0.2, 0) is 14.1 Å². The van der Waals surface area contributed by atoms with Crippen molar-refractivity contribution in [1.82, 2.24) is 4.57 Å². The lowest BCUT2D eigenvalue weighted by atomic mass is 10.0. The van der Waals surface area contributed by atoms with Crippen LogP contribution in [0.15, 0.2) is 53.2 Å². The summed E-state index contributed by atoms with van der Waals surface area (Å²) in [5.41, 5.74) is 4.35. The molecule has 0 aliphatic heterocycles. The number of benzene rings is 2. The van der Waals surface area contributed by atoms with Crippen molar-refractivity contribution in [2.24, 2.45) is 14.1 Å². The van der Waals surface area contributed by atoms with Crippen molar-refractivity contribution in [2.75, 3.05) is 0 Å². The minimum absolute atomic E-state index is 0.943. The molecule has 0 unspecified atom stereocenters. The lowest BCUT2D eigenvalue weighted by Gasteiger charge is -2.03. The van der Waals surface area contributed by atoms with E-state index in [1.807, 2.05) is 12.1 Å². The minimum atomic E-state index is 0.943. The van der Waals surface area contributed by atoms with Crippen LogP contribution in [0.3, 0.4) is 0 Å². The molecule has 21 heavy (non-hydrogen) atoms. The molecule has 104 valence electrons. The number of hydrogen-bond donors (Lipinski definition) is 0. The van der Waals surface area contributed by atoms with Crippen LogP contribution in [0.5, 0.6) is 0 Å². The van der Waals surface area contributed by atoms with Crippen molar-refractivity contribution < 1.29 is 8.98 Å². The van der Waals surface area contributed by atoms with Crippen molar-refractivity contribution >= 4 is 21.9 Å². The Labute approximate surface area is 123 Å². The molecule has 2 heterocycles. The Morgan fingerprint density at radius 2 is 1.86 bits per heavy atom. The monoisotopic (exact) mass is 277 g/mol. The Balaban J connectivity index is 2.08. The van der Waals surface area contributed by atoms with Gasteiger partial charge in [0.2, 0.25) is 0 Å². The molecule has 0 bridgehead atoms. The molecule has 2 aromatic carbocycles. The number of imidazole rings is 1. The summed E-state index contributed by atoms with van der Waals surface area (Å²) < 4.78 is 10.3. The number of aromatic nitrogens is 2. The van der Waals surface area contributed by atoms with E-state index in [1.54, 1.807) is 0 Å². The van der Waals surface area contributed by atoms with E-state index in [-0.39, 0.29) is 0 Å². The van der Waals surface area contributed by atoms with E-state index in [9.17, 15) is 0 Å². The van der Waals surface area contributed by atoms with Crippen LogP contribution in [-0.4, -0.2) is 4.57 Å². The molecule has 4 rings (SSSR count). The molecule has 0 aliphatic carbocycles. The highest BCUT2D eigenvalue weighted by Gasteiger charge is 2.19. The maximum absolute atomic E-state index is 6.01. The second-order valence-corrected chi connectivity index (χ2v) is 5.61. The van der Waals surface area contributed by atoms with Crippen molar-refractivity contribution in [3.05, 3.63) is 54.4 Å². The molecule has 3 nitrogen and oxygen atoms in total. The molecule has 0 aliphatic rings. The number of fused-ring (bicyclic) bond motifs is 3. The molecular formula is C18H17N2O+. The summed E-state index contributed by atoms with van der Waals surface area (Å²) in [6, 6.07) is 12.6. The fourth-order valence-corrected chi connectivity index (χ4v) is 3.09. The van der Waals surface area contributed by atoms with E-state index in [4.69, 9.17) is 4.42 Å². The van der Waals surface area contributed by atoms with Gasteiger partial charge in [-0.2, -0.15) is 0 Å². The smallest absolute Gasteiger partial charge is 0.288 e. The average molecular weight is 277 g/mol. The average Bonchev–Trinajstić information content (AvgIpc) is 2.99. The Bertz CT molecular complexity index is 956. The van der Waals surface area contributed by atoms with Crippen molar-refractivity contribution in [2.45, 2.75) is 6.92 Å². The predicted molar refractivity (Wildman–Crippen MR) is 84.0 cm³/mol. The van der Waals surface area contributed by atoms with Gasteiger partial charge in [-0.15, -0.1) is 0 Å². The van der Waals surface area contributed by atoms with Gasteiger partial charge in [-0.1, -0.05) is 18.2 Å². The predicted octanol–water partition coefficient (Wildman–Crippen LogP) is 3.72. The fraction of sp³-hybridized carbons (Fsp3) is 0.167. The van der Waals surface area contributed by atoms with E-state index in [2.05, 4.69) is 66.8 Å². The van der Waals surface area contributed by atoms with Gasteiger partial charge in [0.1, 0.15) is 23.6 Å². The minimum Gasteiger partial charge on any atom is -0.456 e. The summed E-state index contributed by atoms with van der Waals surface area (Å²) in [4.78, 5) is 0. The number of hydrogen-bond acceptors (Lipinski definition) is 1. The summed E-state index contributed by atoms with van der Waals surface area (Å²) in [6.07, 6.45) is 4.13. The summed E-state index contributed by atoms with van der Waals surface area (Å²) in [5, 5.41) is 2.36. The molecule has 0 fully saturated rings. The number of furan rings is 1. The van der Waals surface area contributed by atoms with Gasteiger partial charge in [0.25, 0.3) is 5.82 Å². The summed E-state index contributed by atoms with van der Waals surface area (Å²) in [7, 11) is 4.13. The fourth-order valence-electron chi connectivity index (χ4n) is 3.09. The number of rotatable bonds is 1. The second kappa shape index (κ2) is 4.22. The Morgan fingerprint density at radius 1 is 1.05 bits per heavy atom. The standard InChI is InChI=1S/C18H17N2O/c1-12-10-15-13-6-4-5-7-16(13)21-17(15)11-14(12)18-19(2)8-9-20(18)3/h4-11H,1-3H3/q+1. The van der Waals surface area contributed by atoms with Crippen LogP contribution in [0.4, 0.5) is 0 Å². The van der Waals surface area contributed by atoms with Crippen LogP contribution in [0.25, 0.3) is 33.3 Å². The van der Waals surface area contributed by atoms with Gasteiger partial charge in [0.05, 0.1) is 19.7 Å². The highest BCUT2D eigenvalue weighted by atomic mass is 16.3. The molecule has 0 N–H and O–H groups in total. The molecule has 0 saturated carbocycles. The lowest BCUT2D eigenvalue weighted by Crippen LogP contribution is -2.29. The highest BCUT2D eigenvalue weighted by Crippen LogP contribution is 2.33. The van der Waals surface area contributed by atoms with Gasteiger partial charge >= 0.3 is 0 Å². The van der Waals surface area contributed by atoms with Crippen LogP contribution >= 0.6 is 0 Å². The lowest BCUT2D eigenvalue weighted by molar-refractivity contribution is -0.659. The molecule has 0 saturated heterocycles. The van der Waals surface area contributed by atoms with Gasteiger partial charge < -0.3 is 4.42 Å². The second-order valence-electron chi connectivity index (χ2n) is 5.61. The maximum atomic E-state index is 6.01. The van der Waals surface area contributed by atoms with Gasteiger partial charge in [-0.05, 0) is 30.7 Å². The Kier molecular flexibility index (Phi) is 2.45. The Hall–Kier alpha value is -2.55. The number of para-hydroxylation sites is 1. The normalized spacial score (nSPS) is 11.6. The van der Waals surface area contributed by atoms with Crippen LogP contribution in [0.2, 0.25) is 0 Å². The Morgan fingerprint density at radius 3 is 2.62 bits per heavy atom. The molecule has 0 radical (unpaired) electrons. The van der Waals surface area contributed by atoms with Crippen LogP contribution < -0.4 is 4.57 Å². The molecule has 4 aromatic rings. The van der Waals surface area contributed by atoms with E-state index >= 15 is 0 Å². The third kappa shape index (κ3) is 1.70. The van der Waals surface area contributed by atoms with E-state index in [1.165, 1.54) is 27.7 Å². The molecule has 0 spiro atoms. The summed E-state index contributed by atoms with van der Waals surface area (Å²) >= 11 is 0. The number of aryl methyl sites for hydroxylation is 3. The maximum Gasteiger partial charge on any atom is 0.288 e. The topological polar surface area (TPSA) is 21.9 Å². The molecule has 0 atom stereocenters. The van der Waals surface area contributed by atoms with E-state index in [0.29, 0.717) is 0 Å². The third-order valence-corrected chi connectivity index (χ3v) is 4.15. The first kappa shape index (κ1) is 12.2. The first-order chi connectivity index (χ1) is 10.1. The van der Waals surface area contributed by atoms with Crippen molar-refractivity contribution in [3.63, 3.8) is 0 Å². The molecule has 3 heteroatoms. The number of nitrogens with zero attached hydrogens (tertiary/aromatic N) is 2. The summed E-state index contributed by atoms with van der Waals surface area (Å²) in [5.74, 6) is 1.18. The van der Waals surface area contributed by atoms with Gasteiger partial charge in [0, 0.05) is 10.8 Å². The summed E-state index contributed by atoms with van der Waals surface area (Å²) in [6.45, 7) is 2.16. The zero-order chi connectivity index (χ0) is 14.6. The van der Waals surface area contributed by atoms with Crippen molar-refractivity contribution in [3.8, 4) is 11.4 Å². The third-order valence-electron chi connectivity index (χ3n) is 4.15. The SMILES string of the molecule is Cc1cc2c(cc1-c1n(C)cc[n+]1C)oc1ccccc12. The largest absolute Gasteiger partial charge is 0.456 e. The first-order valence-corrected chi connectivity index (χ1v) is 7.08. The van der Waals surface area contributed by atoms with Crippen LogP contribution in [0.1, 0.15) is 5.56 Å². The first-order valence-electron chi connectivity index (χ1n) is 7.08. The highest BCUT2D eigenvalue weighted by molar-refractivity contribution is 6.06. The van der Waals surface area contributed by atoms with Crippen LogP contribution in [0, 0.1) is 6.92 Å². The van der Waals surface area contributed by atoms with Gasteiger partial charge in [0.15, 0.2) is 0 Å². The van der Waals surface area contributed by atoms with E-state index in [0.717, 1.165) is 11.2 Å². The zero-order valence-corrected chi connectivity index (χ0v) is 12.4. The zero-order valence-electron chi connectivity index (χ0n) is 12.4. The van der Waals surface area contributed by atoms with E-state index < -0.39 is 0 Å². The van der Waals surface area contributed by atoms with Gasteiger partial charge in [-0.3, -0.25) is 0 Å². The van der Waals surface area contributed by atoms with Gasteiger partial charge in [-0.25, -0.2) is 9.13 Å². The molecular weight excluding hydrogens is 260 g/mol.